The Labute approximate surface area is 139 Å². The monoisotopic (exact) mass is 319 g/mol. The molecule has 0 bridgehead atoms. The number of methoxy groups -OCH3 is 2. The zero-order valence-corrected chi connectivity index (χ0v) is 14.3. The lowest BCUT2D eigenvalue weighted by molar-refractivity contribution is 0.0200. The standard InChI is InChI=1S/C19H29NO3/c1-22-18-11-5-7-14(19(18)23-2)13-20-12-6-9-16(20)15-8-3-4-10-17(15)21/h5,7,11,15-17,21H,3-4,6,8-10,12-13H2,1-2H3. The molecule has 3 rings (SSSR count). The third kappa shape index (κ3) is 3.48. The van der Waals surface area contributed by atoms with E-state index in [1.807, 2.05) is 12.1 Å². The number of para-hydroxylation sites is 1. The maximum Gasteiger partial charge on any atom is 0.165 e. The molecule has 2 fully saturated rings. The van der Waals surface area contributed by atoms with E-state index in [1.54, 1.807) is 14.2 Å². The predicted molar refractivity (Wildman–Crippen MR) is 90.9 cm³/mol. The van der Waals surface area contributed by atoms with Crippen LogP contribution < -0.4 is 9.47 Å². The smallest absolute Gasteiger partial charge is 0.165 e. The molecule has 1 heterocycles. The van der Waals surface area contributed by atoms with Crippen LogP contribution in [0.1, 0.15) is 44.1 Å². The molecule has 1 aliphatic heterocycles. The Hall–Kier alpha value is -1.26. The van der Waals surface area contributed by atoms with Crippen molar-refractivity contribution in [3.05, 3.63) is 23.8 Å². The molecule has 0 radical (unpaired) electrons. The molecule has 1 aromatic carbocycles. The third-order valence-electron chi connectivity index (χ3n) is 5.55. The summed E-state index contributed by atoms with van der Waals surface area (Å²) in [6, 6.07) is 6.58. The Balaban J connectivity index is 1.76. The number of aliphatic hydroxyl groups excluding tert-OH is 1. The minimum atomic E-state index is -0.124. The second-order valence-electron chi connectivity index (χ2n) is 6.85. The maximum atomic E-state index is 10.4. The van der Waals surface area contributed by atoms with Gasteiger partial charge >= 0.3 is 0 Å². The van der Waals surface area contributed by atoms with Crippen LogP contribution in [-0.2, 0) is 6.54 Å². The third-order valence-corrected chi connectivity index (χ3v) is 5.55. The van der Waals surface area contributed by atoms with Gasteiger partial charge in [-0.3, -0.25) is 4.90 Å². The van der Waals surface area contributed by atoms with Crippen LogP contribution in [0.25, 0.3) is 0 Å². The molecule has 0 spiro atoms. The molecule has 0 aromatic heterocycles. The van der Waals surface area contributed by atoms with E-state index in [0.717, 1.165) is 37.4 Å². The summed E-state index contributed by atoms with van der Waals surface area (Å²) in [7, 11) is 3.38. The van der Waals surface area contributed by atoms with Gasteiger partial charge in [-0.05, 0) is 38.3 Å². The van der Waals surface area contributed by atoms with E-state index in [0.29, 0.717) is 12.0 Å². The van der Waals surface area contributed by atoms with Crippen LogP contribution >= 0.6 is 0 Å². The van der Waals surface area contributed by atoms with Crippen LogP contribution in [0.4, 0.5) is 0 Å². The lowest BCUT2D eigenvalue weighted by Crippen LogP contribution is -2.42. The molecule has 3 atom stereocenters. The second kappa shape index (κ2) is 7.54. The van der Waals surface area contributed by atoms with Gasteiger partial charge in [-0.15, -0.1) is 0 Å². The molecule has 1 saturated carbocycles. The van der Waals surface area contributed by atoms with Crippen LogP contribution in [0.2, 0.25) is 0 Å². The number of rotatable bonds is 5. The van der Waals surface area contributed by atoms with Gasteiger partial charge in [0.05, 0.1) is 20.3 Å². The molecule has 0 amide bonds. The molecular formula is C19H29NO3. The molecule has 4 heteroatoms. The largest absolute Gasteiger partial charge is 0.493 e. The molecule has 1 saturated heterocycles. The molecule has 128 valence electrons. The maximum absolute atomic E-state index is 10.4. The van der Waals surface area contributed by atoms with Gasteiger partial charge in [0.25, 0.3) is 0 Å². The molecule has 1 aromatic rings. The summed E-state index contributed by atoms with van der Waals surface area (Å²) >= 11 is 0. The van der Waals surface area contributed by atoms with Crippen LogP contribution in [0.5, 0.6) is 11.5 Å². The van der Waals surface area contributed by atoms with Gasteiger partial charge in [0, 0.05) is 24.1 Å². The predicted octanol–water partition coefficient (Wildman–Crippen LogP) is 3.22. The van der Waals surface area contributed by atoms with E-state index in [-0.39, 0.29) is 6.10 Å². The van der Waals surface area contributed by atoms with Gasteiger partial charge in [-0.1, -0.05) is 25.0 Å². The molecule has 1 aliphatic carbocycles. The zero-order chi connectivity index (χ0) is 16.2. The van der Waals surface area contributed by atoms with Crippen molar-refractivity contribution >= 4 is 0 Å². The van der Waals surface area contributed by atoms with Gasteiger partial charge in [0.2, 0.25) is 0 Å². The van der Waals surface area contributed by atoms with Crippen molar-refractivity contribution in [2.75, 3.05) is 20.8 Å². The highest BCUT2D eigenvalue weighted by molar-refractivity contribution is 5.46. The number of ether oxygens (including phenoxy) is 2. The van der Waals surface area contributed by atoms with E-state index in [4.69, 9.17) is 9.47 Å². The summed E-state index contributed by atoms with van der Waals surface area (Å²) in [5.41, 5.74) is 1.17. The van der Waals surface area contributed by atoms with Crippen LogP contribution in [-0.4, -0.2) is 42.9 Å². The van der Waals surface area contributed by atoms with E-state index >= 15 is 0 Å². The molecule has 4 nitrogen and oxygen atoms in total. The van der Waals surface area contributed by atoms with Crippen LogP contribution in [0, 0.1) is 5.92 Å². The molecule has 2 aliphatic rings. The number of aliphatic hydroxyl groups is 1. The van der Waals surface area contributed by atoms with Crippen molar-refractivity contribution in [1.82, 2.24) is 4.90 Å². The van der Waals surface area contributed by atoms with E-state index < -0.39 is 0 Å². The Morgan fingerprint density at radius 1 is 1.09 bits per heavy atom. The van der Waals surface area contributed by atoms with Crippen molar-refractivity contribution in [2.45, 2.75) is 57.2 Å². The van der Waals surface area contributed by atoms with Crippen molar-refractivity contribution in [3.8, 4) is 11.5 Å². The average molecular weight is 319 g/mol. The minimum Gasteiger partial charge on any atom is -0.493 e. The summed E-state index contributed by atoms with van der Waals surface area (Å²) in [6.07, 6.45) is 6.87. The number of nitrogens with zero attached hydrogens (tertiary/aromatic N) is 1. The highest BCUT2D eigenvalue weighted by atomic mass is 16.5. The molecule has 1 N–H and O–H groups in total. The topological polar surface area (TPSA) is 41.9 Å². The normalized spacial score (nSPS) is 28.7. The number of benzene rings is 1. The Morgan fingerprint density at radius 2 is 1.91 bits per heavy atom. The van der Waals surface area contributed by atoms with Crippen molar-refractivity contribution in [1.29, 1.82) is 0 Å². The first-order valence-electron chi connectivity index (χ1n) is 8.86. The van der Waals surface area contributed by atoms with Gasteiger partial charge in [-0.25, -0.2) is 0 Å². The van der Waals surface area contributed by atoms with Gasteiger partial charge < -0.3 is 14.6 Å². The Kier molecular flexibility index (Phi) is 5.44. The summed E-state index contributed by atoms with van der Waals surface area (Å²) < 4.78 is 11.0. The minimum absolute atomic E-state index is 0.124. The number of hydrogen-bond acceptors (Lipinski definition) is 4. The van der Waals surface area contributed by atoms with E-state index in [1.165, 1.54) is 31.2 Å². The van der Waals surface area contributed by atoms with Crippen molar-refractivity contribution in [3.63, 3.8) is 0 Å². The van der Waals surface area contributed by atoms with Gasteiger partial charge in [0.15, 0.2) is 11.5 Å². The first-order chi connectivity index (χ1) is 11.2. The molecule has 3 unspecified atom stereocenters. The summed E-state index contributed by atoms with van der Waals surface area (Å²) in [4.78, 5) is 2.54. The quantitative estimate of drug-likeness (QED) is 0.905. The fourth-order valence-electron chi connectivity index (χ4n) is 4.42. The fraction of sp³-hybridized carbons (Fsp3) is 0.684. The first kappa shape index (κ1) is 16.6. The van der Waals surface area contributed by atoms with E-state index in [2.05, 4.69) is 11.0 Å². The highest BCUT2D eigenvalue weighted by Gasteiger charge is 2.37. The van der Waals surface area contributed by atoms with E-state index in [9.17, 15) is 5.11 Å². The van der Waals surface area contributed by atoms with Gasteiger partial charge in [0.1, 0.15) is 0 Å². The Morgan fingerprint density at radius 3 is 2.65 bits per heavy atom. The summed E-state index contributed by atoms with van der Waals surface area (Å²) in [5, 5.41) is 10.4. The summed E-state index contributed by atoms with van der Waals surface area (Å²) in [6.45, 7) is 1.97. The SMILES string of the molecule is COc1cccc(CN2CCCC2C2CCCCC2O)c1OC. The average Bonchev–Trinajstić information content (AvgIpc) is 3.03. The summed E-state index contributed by atoms with van der Waals surface area (Å²) in [5.74, 6) is 2.06. The van der Waals surface area contributed by atoms with Crippen molar-refractivity contribution in [2.24, 2.45) is 5.92 Å². The Bertz CT molecular complexity index is 519. The number of hydrogen-bond donors (Lipinski definition) is 1. The first-order valence-corrected chi connectivity index (χ1v) is 8.86. The molecule has 23 heavy (non-hydrogen) atoms. The van der Waals surface area contributed by atoms with Crippen molar-refractivity contribution < 1.29 is 14.6 Å². The van der Waals surface area contributed by atoms with Crippen LogP contribution in [0.15, 0.2) is 18.2 Å². The van der Waals surface area contributed by atoms with Crippen LogP contribution in [0.3, 0.4) is 0 Å². The lowest BCUT2D eigenvalue weighted by atomic mass is 9.80. The highest BCUT2D eigenvalue weighted by Crippen LogP contribution is 2.37. The zero-order valence-electron chi connectivity index (χ0n) is 14.3. The second-order valence-corrected chi connectivity index (χ2v) is 6.85. The number of likely N-dealkylation sites (tertiary alicyclic amines) is 1. The molecular weight excluding hydrogens is 290 g/mol. The van der Waals surface area contributed by atoms with Gasteiger partial charge in [-0.2, -0.15) is 0 Å². The lowest BCUT2D eigenvalue weighted by Gasteiger charge is -2.37. The fourth-order valence-corrected chi connectivity index (χ4v) is 4.42.